The molecule has 20 heteroatoms. The van der Waals surface area contributed by atoms with E-state index in [9.17, 15) is 48.2 Å². The van der Waals surface area contributed by atoms with Crippen LogP contribution in [0.1, 0.15) is 43.0 Å². The van der Waals surface area contributed by atoms with Gasteiger partial charge in [-0.1, -0.05) is 24.3 Å². The number of ether oxygens (including phenoxy) is 2. The summed E-state index contributed by atoms with van der Waals surface area (Å²) in [6.45, 7) is -1.79. The molecule has 2 amide bonds. The van der Waals surface area contributed by atoms with E-state index in [0.29, 0.717) is 11.1 Å². The molecule has 0 fully saturated rings. The summed E-state index contributed by atoms with van der Waals surface area (Å²) in [7, 11) is 0. The third-order valence-electron chi connectivity index (χ3n) is 6.72. The van der Waals surface area contributed by atoms with Crippen LogP contribution in [-0.4, -0.2) is 57.0 Å². The van der Waals surface area contributed by atoms with Crippen molar-refractivity contribution in [1.82, 2.24) is 10.6 Å². The van der Waals surface area contributed by atoms with E-state index in [4.69, 9.17) is 30.2 Å². The number of nitrogens with zero attached hydrogens (tertiary/aromatic N) is 4. The number of aliphatic carboxylic acids is 2. The number of hydrogen-bond donors (Lipinski definition) is 4. The normalized spacial score (nSPS) is 9.93. The second kappa shape index (κ2) is 18.8. The maximum absolute atomic E-state index is 13.7. The minimum Gasteiger partial charge on any atom is -0.481 e. The van der Waals surface area contributed by atoms with E-state index in [1.807, 2.05) is 0 Å². The van der Waals surface area contributed by atoms with E-state index < -0.39 is 69.6 Å². The number of non-ortho nitro benzene ring substituents is 2. The Morgan fingerprint density at radius 2 is 1.04 bits per heavy atom. The van der Waals surface area contributed by atoms with Gasteiger partial charge in [0.2, 0.25) is 0 Å². The Labute approximate surface area is 301 Å². The van der Waals surface area contributed by atoms with Gasteiger partial charge in [0.1, 0.15) is 35.3 Å². The molecular weight excluding hydrogens is 722 g/mol. The molecule has 4 rings (SSSR count). The maximum atomic E-state index is 13.7. The predicted molar refractivity (Wildman–Crippen MR) is 177 cm³/mol. The first kappa shape index (κ1) is 40.4. The molecule has 0 saturated carbocycles. The van der Waals surface area contributed by atoms with E-state index >= 15 is 0 Å². The van der Waals surface area contributed by atoms with Gasteiger partial charge < -0.3 is 30.3 Å². The van der Waals surface area contributed by atoms with Gasteiger partial charge in [-0.25, -0.2) is 18.4 Å². The molecule has 0 bridgehead atoms. The van der Waals surface area contributed by atoms with E-state index in [2.05, 4.69) is 10.6 Å². The number of carbonyl (C=O) groups is 4. The van der Waals surface area contributed by atoms with Crippen molar-refractivity contribution in [2.75, 3.05) is 13.2 Å². The van der Waals surface area contributed by atoms with Crippen LogP contribution in [-0.2, 0) is 22.7 Å². The molecule has 0 radical (unpaired) electrons. The molecule has 0 saturated heterocycles. The number of nitrogens with one attached hydrogen (secondary N) is 2. The molecule has 0 aliphatic carbocycles. The summed E-state index contributed by atoms with van der Waals surface area (Å²) in [6.07, 6.45) is 0. The van der Waals surface area contributed by atoms with E-state index in [-0.39, 0.29) is 47.1 Å². The van der Waals surface area contributed by atoms with Crippen molar-refractivity contribution in [3.8, 4) is 23.6 Å². The topological polar surface area (TPSA) is 285 Å². The molecule has 54 heavy (non-hydrogen) atoms. The van der Waals surface area contributed by atoms with E-state index in [1.54, 1.807) is 24.3 Å². The molecule has 0 unspecified atom stereocenters. The second-order valence-electron chi connectivity index (χ2n) is 10.5. The third kappa shape index (κ3) is 11.5. The van der Waals surface area contributed by atoms with Gasteiger partial charge in [0.25, 0.3) is 23.2 Å². The van der Waals surface area contributed by atoms with Crippen LogP contribution in [0.5, 0.6) is 11.5 Å². The van der Waals surface area contributed by atoms with Crippen molar-refractivity contribution in [3.63, 3.8) is 0 Å². The van der Waals surface area contributed by atoms with E-state index in [1.165, 1.54) is 36.4 Å². The fraction of sp³-hybridized carbons (Fsp3) is 0.118. The monoisotopic (exact) mass is 746 g/mol. The number of carboxylic acid groups (broad SMARTS) is 2. The highest BCUT2D eigenvalue weighted by Gasteiger charge is 2.20. The minimum absolute atomic E-state index is 0.0852. The molecule has 276 valence electrons. The molecule has 18 nitrogen and oxygen atoms in total. The smallest absolute Gasteiger partial charge is 0.341 e. The molecule has 0 aliphatic heterocycles. The predicted octanol–water partition coefficient (Wildman–Crippen LogP) is 4.00. The minimum atomic E-state index is -1.33. The summed E-state index contributed by atoms with van der Waals surface area (Å²) in [4.78, 5) is 66.4. The standard InChI is InChI=1S/2C17H12FN3O6/c2*18-14-6-15(27-9-16(22)23)13(5-11(14)7-19)17(24)20-8-10-2-1-3-12(4-10)21(25)26/h2*1-6H,8-9H2,(H,20,24)(H,22,23). The molecule has 4 aromatic rings. The van der Waals surface area contributed by atoms with Gasteiger partial charge in [0.15, 0.2) is 13.2 Å². The molecule has 0 spiro atoms. The summed E-state index contributed by atoms with van der Waals surface area (Å²) in [6, 6.07) is 17.7. The van der Waals surface area contributed by atoms with Crippen molar-refractivity contribution >= 4 is 35.1 Å². The average molecular weight is 747 g/mol. The van der Waals surface area contributed by atoms with Crippen LogP contribution in [0.25, 0.3) is 0 Å². The zero-order valence-corrected chi connectivity index (χ0v) is 27.3. The number of nitriles is 2. The summed E-state index contributed by atoms with van der Waals surface area (Å²) in [5.74, 6) is -6.81. The molecule has 0 heterocycles. The SMILES string of the molecule is N#Cc1cc(C(=O)NCc2cccc([N+](=O)[O-])c2)c(OCC(=O)O)cc1F.N#Cc1cc(C(=O)NCc2cccc([N+](=O)[O-])c2)c(OCC(=O)O)cc1F. The molecule has 4 N–H and O–H groups in total. The Kier molecular flexibility index (Phi) is 14.1. The molecule has 0 aliphatic rings. The number of nitro groups is 2. The van der Waals surface area contributed by atoms with Gasteiger partial charge in [-0.15, -0.1) is 0 Å². The zero-order chi connectivity index (χ0) is 39.9. The number of carbonyl (C=O) groups excluding carboxylic acids is 2. The lowest BCUT2D eigenvalue weighted by molar-refractivity contribution is -0.385. The number of benzene rings is 4. The lowest BCUT2D eigenvalue weighted by Crippen LogP contribution is -2.24. The van der Waals surface area contributed by atoms with Crippen LogP contribution >= 0.6 is 0 Å². The number of carboxylic acids is 2. The van der Waals surface area contributed by atoms with Gasteiger partial charge >= 0.3 is 11.9 Å². The fourth-order valence-corrected chi connectivity index (χ4v) is 4.27. The van der Waals surface area contributed by atoms with Gasteiger partial charge in [-0.05, 0) is 23.3 Å². The first-order valence-electron chi connectivity index (χ1n) is 14.8. The van der Waals surface area contributed by atoms with Crippen molar-refractivity contribution in [2.24, 2.45) is 0 Å². The van der Waals surface area contributed by atoms with Crippen LogP contribution in [0.15, 0.2) is 72.8 Å². The Hall–Kier alpha value is -8.00. The molecule has 0 atom stereocenters. The number of nitro benzene ring substituents is 2. The van der Waals surface area contributed by atoms with Crippen LogP contribution in [0.4, 0.5) is 20.2 Å². The molecule has 4 aromatic carbocycles. The molecular formula is C34H24F2N6O12. The number of rotatable bonds is 14. The molecule has 0 aromatic heterocycles. The fourth-order valence-electron chi connectivity index (χ4n) is 4.27. The Morgan fingerprint density at radius 3 is 1.35 bits per heavy atom. The van der Waals surface area contributed by atoms with Crippen LogP contribution in [0.2, 0.25) is 0 Å². The van der Waals surface area contributed by atoms with Crippen molar-refractivity contribution in [2.45, 2.75) is 13.1 Å². The van der Waals surface area contributed by atoms with Crippen molar-refractivity contribution in [3.05, 3.63) is 138 Å². The van der Waals surface area contributed by atoms with Gasteiger partial charge in [0.05, 0.1) is 32.1 Å². The van der Waals surface area contributed by atoms with Crippen molar-refractivity contribution in [1.29, 1.82) is 10.5 Å². The number of halogens is 2. The van der Waals surface area contributed by atoms with Crippen LogP contribution in [0.3, 0.4) is 0 Å². The number of hydrogen-bond acceptors (Lipinski definition) is 12. The maximum Gasteiger partial charge on any atom is 0.341 e. The second-order valence-corrected chi connectivity index (χ2v) is 10.5. The van der Waals surface area contributed by atoms with Gasteiger partial charge in [-0.3, -0.25) is 29.8 Å². The van der Waals surface area contributed by atoms with E-state index in [0.717, 1.165) is 24.3 Å². The van der Waals surface area contributed by atoms with Gasteiger partial charge in [0, 0.05) is 49.5 Å². The summed E-state index contributed by atoms with van der Waals surface area (Å²) in [5.41, 5.74) is -0.737. The Bertz CT molecular complexity index is 2060. The van der Waals surface area contributed by atoms with Gasteiger partial charge in [-0.2, -0.15) is 10.5 Å². The first-order chi connectivity index (χ1) is 25.6. The highest BCUT2D eigenvalue weighted by molar-refractivity contribution is 5.98. The summed E-state index contributed by atoms with van der Waals surface area (Å²) >= 11 is 0. The largest absolute Gasteiger partial charge is 0.481 e. The number of amides is 2. The zero-order valence-electron chi connectivity index (χ0n) is 27.3. The lowest BCUT2D eigenvalue weighted by atomic mass is 10.1. The summed E-state index contributed by atoms with van der Waals surface area (Å²) in [5, 5.41) is 61.6. The average Bonchev–Trinajstić information content (AvgIpc) is 3.14. The highest BCUT2D eigenvalue weighted by atomic mass is 19.1. The quantitative estimate of drug-likeness (QED) is 0.105. The third-order valence-corrected chi connectivity index (χ3v) is 6.72. The Morgan fingerprint density at radius 1 is 0.667 bits per heavy atom. The first-order valence-corrected chi connectivity index (χ1v) is 14.8. The van der Waals surface area contributed by atoms with Crippen LogP contribution < -0.4 is 20.1 Å². The van der Waals surface area contributed by atoms with Crippen LogP contribution in [0, 0.1) is 54.5 Å². The Balaban J connectivity index is 0.000000290. The summed E-state index contributed by atoms with van der Waals surface area (Å²) < 4.78 is 37.3. The highest BCUT2D eigenvalue weighted by Crippen LogP contribution is 2.25. The van der Waals surface area contributed by atoms with Crippen molar-refractivity contribution < 1.29 is 57.5 Å². The lowest BCUT2D eigenvalue weighted by Gasteiger charge is -2.12.